The SMILES string of the molecule is COC(=O)[C@@H]1CCCN1C(=O)CNC(=O)CCCOc1ccc(F)cc1. The lowest BCUT2D eigenvalue weighted by atomic mass is 10.2. The average Bonchev–Trinajstić information content (AvgIpc) is 3.14. The van der Waals surface area contributed by atoms with Gasteiger partial charge in [0, 0.05) is 13.0 Å². The molecular weight excluding hydrogens is 343 g/mol. The van der Waals surface area contributed by atoms with E-state index in [4.69, 9.17) is 9.47 Å². The zero-order valence-electron chi connectivity index (χ0n) is 14.7. The van der Waals surface area contributed by atoms with E-state index in [2.05, 4.69) is 5.32 Å². The Kier molecular flexibility index (Phi) is 7.37. The molecule has 8 heteroatoms. The van der Waals surface area contributed by atoms with E-state index in [1.54, 1.807) is 0 Å². The van der Waals surface area contributed by atoms with Crippen LogP contribution in [0.25, 0.3) is 0 Å². The van der Waals surface area contributed by atoms with Gasteiger partial charge in [-0.1, -0.05) is 0 Å². The maximum Gasteiger partial charge on any atom is 0.328 e. The maximum atomic E-state index is 12.8. The van der Waals surface area contributed by atoms with Crippen molar-refractivity contribution in [3.05, 3.63) is 30.1 Å². The summed E-state index contributed by atoms with van der Waals surface area (Å²) in [6.07, 6.45) is 1.98. The number of carbonyl (C=O) groups is 3. The van der Waals surface area contributed by atoms with Gasteiger partial charge in [0.15, 0.2) is 0 Å². The van der Waals surface area contributed by atoms with Crippen LogP contribution in [0.5, 0.6) is 5.75 Å². The summed E-state index contributed by atoms with van der Waals surface area (Å²) < 4.78 is 22.9. The van der Waals surface area contributed by atoms with Gasteiger partial charge in [-0.15, -0.1) is 0 Å². The highest BCUT2D eigenvalue weighted by Crippen LogP contribution is 2.18. The Balaban J connectivity index is 1.64. The number of nitrogens with one attached hydrogen (secondary N) is 1. The lowest BCUT2D eigenvalue weighted by Crippen LogP contribution is -2.45. The van der Waals surface area contributed by atoms with Crippen molar-refractivity contribution in [2.45, 2.75) is 31.7 Å². The van der Waals surface area contributed by atoms with Crippen LogP contribution in [-0.2, 0) is 19.1 Å². The molecule has 0 aromatic heterocycles. The number of rotatable bonds is 8. The number of methoxy groups -OCH3 is 1. The first-order valence-electron chi connectivity index (χ1n) is 8.53. The van der Waals surface area contributed by atoms with Gasteiger partial charge in [0.25, 0.3) is 0 Å². The summed E-state index contributed by atoms with van der Waals surface area (Å²) in [5.74, 6) is -0.803. The zero-order valence-corrected chi connectivity index (χ0v) is 14.7. The Labute approximate surface area is 151 Å². The van der Waals surface area contributed by atoms with E-state index in [1.807, 2.05) is 0 Å². The third-order valence-corrected chi connectivity index (χ3v) is 4.11. The highest BCUT2D eigenvalue weighted by Gasteiger charge is 2.34. The molecule has 1 aliphatic rings. The fraction of sp³-hybridized carbons (Fsp3) is 0.500. The Morgan fingerprint density at radius 2 is 2.00 bits per heavy atom. The minimum absolute atomic E-state index is 0.148. The second kappa shape index (κ2) is 9.74. The molecule has 1 fully saturated rings. The van der Waals surface area contributed by atoms with Gasteiger partial charge < -0.3 is 19.7 Å². The molecule has 2 rings (SSSR count). The number of halogens is 1. The molecule has 0 radical (unpaired) electrons. The topological polar surface area (TPSA) is 84.9 Å². The van der Waals surface area contributed by atoms with Crippen molar-refractivity contribution < 1.29 is 28.2 Å². The summed E-state index contributed by atoms with van der Waals surface area (Å²) in [5, 5.41) is 2.56. The van der Waals surface area contributed by atoms with Crippen LogP contribution >= 0.6 is 0 Å². The van der Waals surface area contributed by atoms with Crippen molar-refractivity contribution in [2.24, 2.45) is 0 Å². The van der Waals surface area contributed by atoms with Crippen LogP contribution in [0.2, 0.25) is 0 Å². The van der Waals surface area contributed by atoms with Gasteiger partial charge in [-0.05, 0) is 43.5 Å². The maximum absolute atomic E-state index is 12.8. The summed E-state index contributed by atoms with van der Waals surface area (Å²) in [6.45, 7) is 0.647. The van der Waals surface area contributed by atoms with Crippen molar-refractivity contribution in [2.75, 3.05) is 26.8 Å². The van der Waals surface area contributed by atoms with Crippen LogP contribution in [-0.4, -0.2) is 55.5 Å². The molecule has 1 heterocycles. The van der Waals surface area contributed by atoms with Crippen molar-refractivity contribution >= 4 is 17.8 Å². The second-order valence-electron chi connectivity index (χ2n) is 5.95. The Morgan fingerprint density at radius 1 is 1.27 bits per heavy atom. The van der Waals surface area contributed by atoms with E-state index in [9.17, 15) is 18.8 Å². The van der Waals surface area contributed by atoms with Gasteiger partial charge in [-0.25, -0.2) is 9.18 Å². The summed E-state index contributed by atoms with van der Waals surface area (Å²) in [7, 11) is 1.29. The van der Waals surface area contributed by atoms with E-state index >= 15 is 0 Å². The van der Waals surface area contributed by atoms with Crippen LogP contribution in [0.3, 0.4) is 0 Å². The number of nitrogens with zero attached hydrogens (tertiary/aromatic N) is 1. The Bertz CT molecular complexity index is 635. The number of amides is 2. The number of hydrogen-bond donors (Lipinski definition) is 1. The molecule has 26 heavy (non-hydrogen) atoms. The lowest BCUT2D eigenvalue weighted by Gasteiger charge is -2.22. The minimum Gasteiger partial charge on any atom is -0.494 e. The van der Waals surface area contributed by atoms with E-state index < -0.39 is 12.0 Å². The number of carbonyl (C=O) groups excluding carboxylic acids is 3. The molecule has 1 aliphatic heterocycles. The molecule has 0 bridgehead atoms. The van der Waals surface area contributed by atoms with E-state index in [1.165, 1.54) is 36.3 Å². The van der Waals surface area contributed by atoms with Gasteiger partial charge in [0.1, 0.15) is 17.6 Å². The lowest BCUT2D eigenvalue weighted by molar-refractivity contribution is -0.150. The van der Waals surface area contributed by atoms with Crippen molar-refractivity contribution in [1.82, 2.24) is 10.2 Å². The van der Waals surface area contributed by atoms with Crippen molar-refractivity contribution in [3.8, 4) is 5.75 Å². The Morgan fingerprint density at radius 3 is 2.69 bits per heavy atom. The molecule has 0 unspecified atom stereocenters. The average molecular weight is 366 g/mol. The van der Waals surface area contributed by atoms with Gasteiger partial charge in [0.2, 0.25) is 11.8 Å². The largest absolute Gasteiger partial charge is 0.494 e. The summed E-state index contributed by atoms with van der Waals surface area (Å²) in [4.78, 5) is 37.1. The molecule has 0 aliphatic carbocycles. The molecule has 1 aromatic rings. The normalized spacial score (nSPS) is 16.2. The highest BCUT2D eigenvalue weighted by atomic mass is 19.1. The first-order valence-corrected chi connectivity index (χ1v) is 8.53. The van der Waals surface area contributed by atoms with E-state index in [0.717, 1.165) is 6.42 Å². The van der Waals surface area contributed by atoms with Crippen LogP contribution in [0.15, 0.2) is 24.3 Å². The van der Waals surface area contributed by atoms with Gasteiger partial charge in [-0.3, -0.25) is 9.59 Å². The molecular formula is C18H23FN2O5. The van der Waals surface area contributed by atoms with Gasteiger partial charge in [0.05, 0.1) is 20.3 Å². The molecule has 1 N–H and O–H groups in total. The molecule has 142 valence electrons. The third kappa shape index (κ3) is 5.72. The number of esters is 1. The molecule has 0 saturated carbocycles. The zero-order chi connectivity index (χ0) is 18.9. The Hall–Kier alpha value is -2.64. The molecule has 1 saturated heterocycles. The monoisotopic (exact) mass is 366 g/mol. The van der Waals surface area contributed by atoms with Gasteiger partial charge in [-0.2, -0.15) is 0 Å². The number of benzene rings is 1. The first kappa shape index (κ1) is 19.7. The number of likely N-dealkylation sites (tertiary alicyclic amines) is 1. The molecule has 2 amide bonds. The predicted octanol–water partition coefficient (Wildman–Crippen LogP) is 1.26. The first-order chi connectivity index (χ1) is 12.5. The number of hydrogen-bond acceptors (Lipinski definition) is 5. The fourth-order valence-electron chi connectivity index (χ4n) is 2.76. The van der Waals surface area contributed by atoms with Crippen molar-refractivity contribution in [3.63, 3.8) is 0 Å². The standard InChI is InChI=1S/C18H23FN2O5/c1-25-18(24)15-4-2-10-21(15)17(23)12-20-16(22)5-3-11-26-14-8-6-13(19)7-9-14/h6-9,15H,2-5,10-12H2,1H3,(H,20,22)/t15-/m0/s1. The molecule has 1 aromatic carbocycles. The van der Waals surface area contributed by atoms with E-state index in [0.29, 0.717) is 31.7 Å². The summed E-state index contributed by atoms with van der Waals surface area (Å²) in [6, 6.07) is 5.07. The minimum atomic E-state index is -0.562. The molecule has 1 atom stereocenters. The van der Waals surface area contributed by atoms with Gasteiger partial charge >= 0.3 is 5.97 Å². The highest BCUT2D eigenvalue weighted by molar-refractivity contribution is 5.88. The summed E-state index contributed by atoms with van der Waals surface area (Å²) >= 11 is 0. The van der Waals surface area contributed by atoms with Crippen LogP contribution in [0, 0.1) is 5.82 Å². The molecule has 0 spiro atoms. The van der Waals surface area contributed by atoms with Crippen molar-refractivity contribution in [1.29, 1.82) is 0 Å². The fourth-order valence-corrected chi connectivity index (χ4v) is 2.76. The second-order valence-corrected chi connectivity index (χ2v) is 5.95. The van der Waals surface area contributed by atoms with E-state index in [-0.39, 0.29) is 30.6 Å². The quantitative estimate of drug-likeness (QED) is 0.553. The molecule has 7 nitrogen and oxygen atoms in total. The van der Waals surface area contributed by atoms with Crippen LogP contribution in [0.1, 0.15) is 25.7 Å². The number of ether oxygens (including phenoxy) is 2. The summed E-state index contributed by atoms with van der Waals surface area (Å²) in [5.41, 5.74) is 0. The smallest absolute Gasteiger partial charge is 0.328 e. The third-order valence-electron chi connectivity index (χ3n) is 4.11. The predicted molar refractivity (Wildman–Crippen MR) is 90.9 cm³/mol. The van der Waals surface area contributed by atoms with Crippen LogP contribution in [0.4, 0.5) is 4.39 Å². The van der Waals surface area contributed by atoms with Crippen LogP contribution < -0.4 is 10.1 Å².